The Balaban J connectivity index is 1.64. The molecule has 1 saturated heterocycles. The molecular formula is C21H28BrClN4O2Si. The Hall–Kier alpha value is -1.19. The molecule has 6 nitrogen and oxygen atoms in total. The smallest absolute Gasteiger partial charge is 0.150 e. The zero-order chi connectivity index (χ0) is 21.3. The number of pyridine rings is 1. The highest BCUT2D eigenvalue weighted by Crippen LogP contribution is 2.38. The molecule has 0 aliphatic carbocycles. The first-order valence-electron chi connectivity index (χ1n) is 10.4. The van der Waals surface area contributed by atoms with Crippen LogP contribution in [0.2, 0.25) is 30.7 Å². The highest BCUT2D eigenvalue weighted by molar-refractivity contribution is 9.10. The van der Waals surface area contributed by atoms with Gasteiger partial charge in [-0.05, 0) is 47.3 Å². The molecule has 1 unspecified atom stereocenters. The van der Waals surface area contributed by atoms with Crippen molar-refractivity contribution in [3.05, 3.63) is 34.2 Å². The van der Waals surface area contributed by atoms with Gasteiger partial charge in [0, 0.05) is 50.8 Å². The van der Waals surface area contributed by atoms with E-state index in [9.17, 15) is 0 Å². The van der Waals surface area contributed by atoms with Crippen LogP contribution >= 0.6 is 27.5 Å². The monoisotopic (exact) mass is 510 g/mol. The molecule has 1 fully saturated rings. The molecule has 0 radical (unpaired) electrons. The average molecular weight is 512 g/mol. The molecule has 162 valence electrons. The van der Waals surface area contributed by atoms with Gasteiger partial charge in [-0.2, -0.15) is 5.10 Å². The maximum absolute atomic E-state index is 6.68. The molecule has 30 heavy (non-hydrogen) atoms. The quantitative estimate of drug-likeness (QED) is 0.275. The lowest BCUT2D eigenvalue weighted by molar-refractivity contribution is -0.0393. The van der Waals surface area contributed by atoms with Crippen molar-refractivity contribution in [2.45, 2.75) is 57.9 Å². The molecule has 3 aromatic rings. The van der Waals surface area contributed by atoms with Gasteiger partial charge < -0.3 is 14.0 Å². The average Bonchev–Trinajstić information content (AvgIpc) is 3.33. The minimum Gasteiger partial charge on any atom is -0.361 e. The van der Waals surface area contributed by atoms with Crippen molar-refractivity contribution in [1.82, 2.24) is 19.3 Å². The number of ether oxygens (including phenoxy) is 2. The van der Waals surface area contributed by atoms with E-state index in [0.717, 1.165) is 65.3 Å². The first-order valence-corrected chi connectivity index (χ1v) is 15.3. The largest absolute Gasteiger partial charge is 0.361 e. The Morgan fingerprint density at radius 2 is 2.17 bits per heavy atom. The van der Waals surface area contributed by atoms with E-state index in [1.165, 1.54) is 0 Å². The normalized spacial score (nSPS) is 17.7. The number of hydrogen-bond donors (Lipinski definition) is 0. The van der Waals surface area contributed by atoms with Crippen LogP contribution in [-0.4, -0.2) is 40.6 Å². The molecule has 1 aliphatic heterocycles. The van der Waals surface area contributed by atoms with Crippen LogP contribution in [0, 0.1) is 0 Å². The molecule has 0 N–H and O–H groups in total. The summed E-state index contributed by atoms with van der Waals surface area (Å²) in [6.07, 6.45) is 9.04. The molecule has 0 bridgehead atoms. The van der Waals surface area contributed by atoms with Gasteiger partial charge in [0.2, 0.25) is 0 Å². The van der Waals surface area contributed by atoms with Crippen molar-refractivity contribution in [3.8, 4) is 11.3 Å². The SMILES string of the molecule is C[Si](C)(C)CCOCn1cc(-c2ccn(C3CCCCO3)n2)c2c(Cl)c(Br)cnc21. The zero-order valence-corrected chi connectivity index (χ0v) is 21.0. The van der Waals surface area contributed by atoms with E-state index >= 15 is 0 Å². The standard InChI is InChI=1S/C21H28BrClN4O2Si/c1-30(2,3)11-10-28-14-26-13-15(19-20(23)16(22)12-24-21(19)26)17-7-8-27(25-17)18-6-4-5-9-29-18/h7-8,12-13,18H,4-6,9-11,14H2,1-3H3. The lowest BCUT2D eigenvalue weighted by atomic mass is 10.1. The summed E-state index contributed by atoms with van der Waals surface area (Å²) in [6, 6.07) is 3.14. The second-order valence-corrected chi connectivity index (χ2v) is 15.8. The summed E-state index contributed by atoms with van der Waals surface area (Å²) < 4.78 is 16.6. The van der Waals surface area contributed by atoms with Crippen LogP contribution in [0.5, 0.6) is 0 Å². The second kappa shape index (κ2) is 9.12. The minimum atomic E-state index is -1.13. The van der Waals surface area contributed by atoms with E-state index in [0.29, 0.717) is 11.8 Å². The number of aromatic nitrogens is 4. The number of fused-ring (bicyclic) bond motifs is 1. The van der Waals surface area contributed by atoms with Crippen molar-refractivity contribution in [2.75, 3.05) is 13.2 Å². The fourth-order valence-electron chi connectivity index (χ4n) is 3.60. The lowest BCUT2D eigenvalue weighted by Gasteiger charge is -2.22. The Morgan fingerprint density at radius 1 is 1.33 bits per heavy atom. The van der Waals surface area contributed by atoms with Crippen molar-refractivity contribution < 1.29 is 9.47 Å². The summed E-state index contributed by atoms with van der Waals surface area (Å²) in [5.74, 6) is 0. The molecule has 1 atom stereocenters. The van der Waals surface area contributed by atoms with Crippen LogP contribution in [0.4, 0.5) is 0 Å². The molecule has 0 spiro atoms. The molecule has 3 aromatic heterocycles. The fourth-order valence-corrected chi connectivity index (χ4v) is 4.90. The maximum Gasteiger partial charge on any atom is 0.150 e. The molecule has 0 amide bonds. The van der Waals surface area contributed by atoms with Crippen LogP contribution in [0.3, 0.4) is 0 Å². The zero-order valence-electron chi connectivity index (χ0n) is 17.7. The third-order valence-electron chi connectivity index (χ3n) is 5.34. The number of halogens is 2. The van der Waals surface area contributed by atoms with Gasteiger partial charge in [0.25, 0.3) is 0 Å². The van der Waals surface area contributed by atoms with Crippen LogP contribution in [0.1, 0.15) is 25.5 Å². The van der Waals surface area contributed by atoms with Crippen LogP contribution in [0.15, 0.2) is 29.1 Å². The van der Waals surface area contributed by atoms with Crippen molar-refractivity contribution in [3.63, 3.8) is 0 Å². The van der Waals surface area contributed by atoms with Crippen LogP contribution in [0.25, 0.3) is 22.3 Å². The van der Waals surface area contributed by atoms with Crippen LogP contribution < -0.4 is 0 Å². The van der Waals surface area contributed by atoms with Gasteiger partial charge in [0.05, 0.1) is 15.2 Å². The van der Waals surface area contributed by atoms with Gasteiger partial charge >= 0.3 is 0 Å². The topological polar surface area (TPSA) is 54.1 Å². The Bertz CT molecular complexity index is 1020. The predicted molar refractivity (Wildman–Crippen MR) is 127 cm³/mol. The number of hydrogen-bond acceptors (Lipinski definition) is 4. The van der Waals surface area contributed by atoms with E-state index in [1.807, 2.05) is 27.7 Å². The van der Waals surface area contributed by atoms with E-state index in [1.54, 1.807) is 6.20 Å². The minimum absolute atomic E-state index is 0.00563. The third kappa shape index (κ3) is 4.83. The lowest BCUT2D eigenvalue weighted by Crippen LogP contribution is -2.22. The van der Waals surface area contributed by atoms with Crippen molar-refractivity contribution in [2.24, 2.45) is 0 Å². The van der Waals surface area contributed by atoms with Gasteiger partial charge in [-0.25, -0.2) is 9.67 Å². The van der Waals surface area contributed by atoms with Crippen molar-refractivity contribution >= 4 is 46.6 Å². The fraction of sp³-hybridized carbons (Fsp3) is 0.524. The Morgan fingerprint density at radius 3 is 2.90 bits per heavy atom. The van der Waals surface area contributed by atoms with Gasteiger partial charge in [-0.1, -0.05) is 31.2 Å². The number of rotatable bonds is 7. The summed E-state index contributed by atoms with van der Waals surface area (Å²) in [7, 11) is -1.13. The van der Waals surface area contributed by atoms with Crippen molar-refractivity contribution in [1.29, 1.82) is 0 Å². The summed E-state index contributed by atoms with van der Waals surface area (Å²) in [5.41, 5.74) is 2.61. The van der Waals surface area contributed by atoms with E-state index < -0.39 is 8.07 Å². The van der Waals surface area contributed by atoms with E-state index in [2.05, 4.69) is 40.6 Å². The van der Waals surface area contributed by atoms with Gasteiger partial charge in [0.15, 0.2) is 0 Å². The first-order chi connectivity index (χ1) is 14.3. The van der Waals surface area contributed by atoms with Gasteiger partial charge in [-0.15, -0.1) is 0 Å². The van der Waals surface area contributed by atoms with Gasteiger partial charge in [-0.3, -0.25) is 0 Å². The molecule has 4 heterocycles. The molecule has 1 aliphatic rings. The summed E-state index contributed by atoms with van der Waals surface area (Å²) in [4.78, 5) is 4.61. The molecule has 0 aromatic carbocycles. The molecular weight excluding hydrogens is 484 g/mol. The maximum atomic E-state index is 6.68. The summed E-state index contributed by atoms with van der Waals surface area (Å²) in [6.45, 7) is 9.04. The summed E-state index contributed by atoms with van der Waals surface area (Å²) in [5, 5.41) is 6.33. The second-order valence-electron chi connectivity index (χ2n) is 8.98. The van der Waals surface area contributed by atoms with Gasteiger partial charge in [0.1, 0.15) is 18.6 Å². The van der Waals surface area contributed by atoms with E-state index in [-0.39, 0.29) is 6.23 Å². The third-order valence-corrected chi connectivity index (χ3v) is 8.27. The highest BCUT2D eigenvalue weighted by Gasteiger charge is 2.21. The molecule has 0 saturated carbocycles. The Labute approximate surface area is 191 Å². The van der Waals surface area contributed by atoms with Crippen LogP contribution in [-0.2, 0) is 16.2 Å². The molecule has 4 rings (SSSR count). The summed E-state index contributed by atoms with van der Waals surface area (Å²) >= 11 is 10.2. The molecule has 9 heteroatoms. The van der Waals surface area contributed by atoms with E-state index in [4.69, 9.17) is 26.2 Å². The number of nitrogens with zero attached hydrogens (tertiary/aromatic N) is 4. The first kappa shape index (κ1) is 22.0. The highest BCUT2D eigenvalue weighted by atomic mass is 79.9. The Kier molecular flexibility index (Phi) is 6.69. The predicted octanol–water partition coefficient (Wildman–Crippen LogP) is 6.33.